The minimum atomic E-state index is -3.84. The van der Waals surface area contributed by atoms with Crippen LogP contribution >= 0.6 is 11.6 Å². The largest absolute Gasteiger partial charge is 0.449 e. The number of para-hydroxylation sites is 1. The van der Waals surface area contributed by atoms with Gasteiger partial charge in [-0.1, -0.05) is 42.6 Å². The van der Waals surface area contributed by atoms with Crippen LogP contribution in [0.2, 0.25) is 5.02 Å². The summed E-state index contributed by atoms with van der Waals surface area (Å²) in [5.41, 5.74) is 1.93. The molecule has 2 heterocycles. The maximum absolute atomic E-state index is 13.2. The first-order valence-electron chi connectivity index (χ1n) is 11.2. The summed E-state index contributed by atoms with van der Waals surface area (Å²) in [4.78, 5) is 27.2. The number of amides is 1. The monoisotopic (exact) mass is 490 g/mol. The Morgan fingerprint density at radius 1 is 1.00 bits per heavy atom. The molecule has 33 heavy (non-hydrogen) atoms. The van der Waals surface area contributed by atoms with Crippen molar-refractivity contribution in [3.05, 3.63) is 58.6 Å². The first kappa shape index (κ1) is 23.7. The number of ether oxygens (including phenoxy) is 1. The maximum Gasteiger partial charge on any atom is 0.338 e. The topological polar surface area (TPSA) is 84.0 Å². The van der Waals surface area contributed by atoms with Crippen LogP contribution in [0.15, 0.2) is 47.4 Å². The number of carbonyl (C=O) groups is 2. The molecule has 1 amide bonds. The van der Waals surface area contributed by atoms with E-state index in [0.29, 0.717) is 19.6 Å². The van der Waals surface area contributed by atoms with Crippen LogP contribution in [0.25, 0.3) is 0 Å². The number of esters is 1. The van der Waals surface area contributed by atoms with Crippen molar-refractivity contribution in [2.45, 2.75) is 50.0 Å². The quantitative estimate of drug-likeness (QED) is 0.590. The van der Waals surface area contributed by atoms with E-state index < -0.39 is 22.1 Å². The van der Waals surface area contributed by atoms with E-state index in [9.17, 15) is 18.0 Å². The summed E-state index contributed by atoms with van der Waals surface area (Å²) >= 11 is 6.22. The fourth-order valence-electron chi connectivity index (χ4n) is 4.31. The highest BCUT2D eigenvalue weighted by molar-refractivity contribution is 7.89. The molecule has 0 N–H and O–H groups in total. The van der Waals surface area contributed by atoms with Crippen molar-refractivity contribution in [2.24, 2.45) is 0 Å². The zero-order valence-electron chi connectivity index (χ0n) is 18.5. The molecule has 7 nitrogen and oxygen atoms in total. The van der Waals surface area contributed by atoms with Gasteiger partial charge in [-0.05, 0) is 56.0 Å². The number of fused-ring (bicyclic) bond motifs is 1. The average molecular weight is 491 g/mol. The Morgan fingerprint density at radius 2 is 1.70 bits per heavy atom. The lowest BCUT2D eigenvalue weighted by Gasteiger charge is -2.22. The van der Waals surface area contributed by atoms with Crippen molar-refractivity contribution >= 4 is 39.2 Å². The van der Waals surface area contributed by atoms with E-state index in [0.717, 1.165) is 43.4 Å². The highest BCUT2D eigenvalue weighted by atomic mass is 35.5. The highest BCUT2D eigenvalue weighted by Gasteiger charge is 2.31. The van der Waals surface area contributed by atoms with Gasteiger partial charge in [-0.2, -0.15) is 4.31 Å². The molecular weight excluding hydrogens is 464 g/mol. The Hall–Kier alpha value is -2.42. The van der Waals surface area contributed by atoms with Gasteiger partial charge in [0, 0.05) is 25.3 Å². The van der Waals surface area contributed by atoms with Crippen molar-refractivity contribution < 1.29 is 22.7 Å². The SMILES string of the molecule is C[C@H](OC(=O)c1ccc(Cl)c(S(=O)(=O)N2CCCCCC2)c1)C(=O)N1CCc2ccccc21. The molecule has 4 rings (SSSR count). The number of benzene rings is 2. The zero-order chi connectivity index (χ0) is 23.6. The van der Waals surface area contributed by atoms with Crippen LogP contribution in [0, 0.1) is 0 Å². The smallest absolute Gasteiger partial charge is 0.338 e. The van der Waals surface area contributed by atoms with E-state index in [1.807, 2.05) is 24.3 Å². The third-order valence-corrected chi connectivity index (χ3v) is 8.51. The molecule has 2 aromatic rings. The first-order valence-corrected chi connectivity index (χ1v) is 13.0. The number of nitrogens with zero attached hydrogens (tertiary/aromatic N) is 2. The van der Waals surface area contributed by atoms with Crippen molar-refractivity contribution in [3.8, 4) is 0 Å². The van der Waals surface area contributed by atoms with Crippen LogP contribution < -0.4 is 4.90 Å². The molecule has 0 aliphatic carbocycles. The molecule has 0 unspecified atom stereocenters. The molecular formula is C24H27ClN2O5S. The van der Waals surface area contributed by atoms with E-state index in [-0.39, 0.29) is 21.4 Å². The van der Waals surface area contributed by atoms with Gasteiger partial charge in [-0.25, -0.2) is 13.2 Å². The van der Waals surface area contributed by atoms with E-state index >= 15 is 0 Å². The Kier molecular flexibility index (Phi) is 7.07. The Morgan fingerprint density at radius 3 is 2.42 bits per heavy atom. The van der Waals surface area contributed by atoms with Gasteiger partial charge in [-0.3, -0.25) is 4.79 Å². The number of halogens is 1. The van der Waals surface area contributed by atoms with E-state index in [4.69, 9.17) is 16.3 Å². The number of carbonyl (C=O) groups excluding carboxylic acids is 2. The molecule has 1 atom stereocenters. The predicted octanol–water partition coefficient (Wildman–Crippen LogP) is 4.04. The summed E-state index contributed by atoms with van der Waals surface area (Å²) in [6.45, 7) is 2.90. The second-order valence-electron chi connectivity index (χ2n) is 8.38. The number of hydrogen-bond donors (Lipinski definition) is 0. The molecule has 0 aromatic heterocycles. The number of sulfonamides is 1. The normalized spacial score (nSPS) is 17.8. The van der Waals surface area contributed by atoms with Crippen LogP contribution in [-0.4, -0.2) is 50.3 Å². The van der Waals surface area contributed by atoms with Gasteiger partial charge >= 0.3 is 5.97 Å². The van der Waals surface area contributed by atoms with Gasteiger partial charge in [0.1, 0.15) is 4.90 Å². The average Bonchev–Trinajstić information content (AvgIpc) is 3.03. The van der Waals surface area contributed by atoms with Gasteiger partial charge in [-0.15, -0.1) is 0 Å². The van der Waals surface area contributed by atoms with Crippen molar-refractivity contribution in [1.82, 2.24) is 4.31 Å². The molecule has 176 valence electrons. The predicted molar refractivity (Wildman–Crippen MR) is 126 cm³/mol. The van der Waals surface area contributed by atoms with Crippen LogP contribution in [0.5, 0.6) is 0 Å². The van der Waals surface area contributed by atoms with Gasteiger partial charge in [0.05, 0.1) is 10.6 Å². The minimum Gasteiger partial charge on any atom is -0.449 e. The molecule has 0 saturated carbocycles. The van der Waals surface area contributed by atoms with Crippen molar-refractivity contribution in [1.29, 1.82) is 0 Å². The Bertz CT molecular complexity index is 1160. The van der Waals surface area contributed by atoms with E-state index in [1.165, 1.54) is 29.4 Å². The van der Waals surface area contributed by atoms with Crippen LogP contribution in [-0.2, 0) is 26.0 Å². The molecule has 0 spiro atoms. The number of rotatable bonds is 5. The Balaban J connectivity index is 1.50. The number of hydrogen-bond acceptors (Lipinski definition) is 5. The third-order valence-electron chi connectivity index (χ3n) is 6.13. The van der Waals surface area contributed by atoms with Gasteiger partial charge in [0.25, 0.3) is 5.91 Å². The molecule has 2 aliphatic heterocycles. The van der Waals surface area contributed by atoms with E-state index in [2.05, 4.69) is 0 Å². The summed E-state index contributed by atoms with van der Waals surface area (Å²) in [6, 6.07) is 11.7. The van der Waals surface area contributed by atoms with Crippen molar-refractivity contribution in [3.63, 3.8) is 0 Å². The fourth-order valence-corrected chi connectivity index (χ4v) is 6.33. The molecule has 2 aliphatic rings. The lowest BCUT2D eigenvalue weighted by molar-refractivity contribution is -0.126. The molecule has 9 heteroatoms. The fraction of sp³-hybridized carbons (Fsp3) is 0.417. The molecule has 2 aromatic carbocycles. The summed E-state index contributed by atoms with van der Waals surface area (Å²) in [5.74, 6) is -1.09. The molecule has 0 radical (unpaired) electrons. The Labute approximate surface area is 199 Å². The summed E-state index contributed by atoms with van der Waals surface area (Å²) < 4.78 is 33.2. The second-order valence-corrected chi connectivity index (χ2v) is 10.7. The van der Waals surface area contributed by atoms with Gasteiger partial charge < -0.3 is 9.64 Å². The molecule has 1 saturated heterocycles. The second kappa shape index (κ2) is 9.83. The molecule has 0 bridgehead atoms. The summed E-state index contributed by atoms with van der Waals surface area (Å²) in [6.07, 6.45) is 3.27. The lowest BCUT2D eigenvalue weighted by atomic mass is 10.2. The first-order chi connectivity index (χ1) is 15.8. The maximum atomic E-state index is 13.2. The summed E-state index contributed by atoms with van der Waals surface area (Å²) in [5, 5.41) is 0.0496. The van der Waals surface area contributed by atoms with E-state index in [1.54, 1.807) is 4.90 Å². The minimum absolute atomic E-state index is 0.0364. The van der Waals surface area contributed by atoms with Crippen LogP contribution in [0.4, 0.5) is 5.69 Å². The standard InChI is InChI=1S/C24H27ClN2O5S/c1-17(23(28)27-15-12-18-8-4-5-9-21(18)27)32-24(29)19-10-11-20(25)22(16-19)33(30,31)26-13-6-2-3-7-14-26/h4-5,8-11,16-17H,2-3,6-7,12-15H2,1H3/t17-/m0/s1. The van der Waals surface area contributed by atoms with Gasteiger partial charge in [0.15, 0.2) is 6.10 Å². The summed E-state index contributed by atoms with van der Waals surface area (Å²) in [7, 11) is -3.84. The third kappa shape index (κ3) is 4.93. The number of anilines is 1. The van der Waals surface area contributed by atoms with Gasteiger partial charge in [0.2, 0.25) is 10.0 Å². The van der Waals surface area contributed by atoms with Crippen LogP contribution in [0.3, 0.4) is 0 Å². The lowest BCUT2D eigenvalue weighted by Crippen LogP contribution is -2.39. The van der Waals surface area contributed by atoms with Crippen molar-refractivity contribution in [2.75, 3.05) is 24.5 Å². The zero-order valence-corrected chi connectivity index (χ0v) is 20.1. The molecule has 1 fully saturated rings. The highest BCUT2D eigenvalue weighted by Crippen LogP contribution is 2.30. The van der Waals surface area contributed by atoms with Crippen LogP contribution in [0.1, 0.15) is 48.5 Å².